The molecule has 1 aromatic carbocycles. The summed E-state index contributed by atoms with van der Waals surface area (Å²) in [5.41, 5.74) is 4.88. The standard InChI is InChI=1S/C15H18N2O/c1-3-16-14-10-6-4-8-12(10)17-15-11(14)7-5-9-13(15)18-2/h5,7,9H,3-4,6,8H2,1-2H3,(H,16,17). The summed E-state index contributed by atoms with van der Waals surface area (Å²) < 4.78 is 5.43. The predicted molar refractivity (Wildman–Crippen MR) is 74.5 cm³/mol. The van der Waals surface area contributed by atoms with Crippen molar-refractivity contribution in [1.29, 1.82) is 0 Å². The fourth-order valence-corrected chi connectivity index (χ4v) is 2.80. The lowest BCUT2D eigenvalue weighted by atomic mass is 10.1. The Hall–Kier alpha value is -1.77. The van der Waals surface area contributed by atoms with Gasteiger partial charge in [-0.05, 0) is 37.8 Å². The molecule has 94 valence electrons. The van der Waals surface area contributed by atoms with E-state index in [1.807, 2.05) is 12.1 Å². The fourth-order valence-electron chi connectivity index (χ4n) is 2.80. The molecular weight excluding hydrogens is 224 g/mol. The molecule has 1 aliphatic carbocycles. The number of anilines is 1. The molecule has 0 radical (unpaired) electrons. The van der Waals surface area contributed by atoms with Crippen molar-refractivity contribution in [3.63, 3.8) is 0 Å². The van der Waals surface area contributed by atoms with E-state index in [1.165, 1.54) is 28.8 Å². The van der Waals surface area contributed by atoms with Crippen molar-refractivity contribution in [2.75, 3.05) is 19.0 Å². The minimum atomic E-state index is 0.862. The first-order valence-electron chi connectivity index (χ1n) is 6.57. The highest BCUT2D eigenvalue weighted by atomic mass is 16.5. The Labute approximate surface area is 107 Å². The van der Waals surface area contributed by atoms with Crippen LogP contribution in [0.2, 0.25) is 0 Å². The second kappa shape index (κ2) is 4.48. The SMILES string of the molecule is CCNc1c2c(nc3c(OC)cccc13)CCC2. The first-order valence-corrected chi connectivity index (χ1v) is 6.57. The molecule has 0 saturated heterocycles. The molecule has 1 aromatic heterocycles. The fraction of sp³-hybridized carbons (Fsp3) is 0.400. The Balaban J connectivity index is 2.33. The highest BCUT2D eigenvalue weighted by molar-refractivity contribution is 5.97. The van der Waals surface area contributed by atoms with Gasteiger partial charge in [-0.15, -0.1) is 0 Å². The molecule has 0 unspecified atom stereocenters. The molecule has 3 heteroatoms. The number of nitrogens with one attached hydrogen (secondary N) is 1. The summed E-state index contributed by atoms with van der Waals surface area (Å²) in [6.07, 6.45) is 3.43. The summed E-state index contributed by atoms with van der Waals surface area (Å²) >= 11 is 0. The Morgan fingerprint density at radius 3 is 3.00 bits per heavy atom. The van der Waals surface area contributed by atoms with Crippen molar-refractivity contribution in [2.45, 2.75) is 26.2 Å². The minimum Gasteiger partial charge on any atom is -0.494 e. The first-order chi connectivity index (χ1) is 8.85. The van der Waals surface area contributed by atoms with E-state index in [-0.39, 0.29) is 0 Å². The van der Waals surface area contributed by atoms with E-state index in [1.54, 1.807) is 7.11 Å². The number of rotatable bonds is 3. The van der Waals surface area contributed by atoms with Gasteiger partial charge in [0.2, 0.25) is 0 Å². The highest BCUT2D eigenvalue weighted by Crippen LogP contribution is 2.36. The molecular formula is C15H18N2O. The van der Waals surface area contributed by atoms with E-state index >= 15 is 0 Å². The average Bonchev–Trinajstić information content (AvgIpc) is 2.86. The Morgan fingerprint density at radius 2 is 2.22 bits per heavy atom. The second-order valence-corrected chi connectivity index (χ2v) is 4.65. The van der Waals surface area contributed by atoms with Crippen LogP contribution in [0.3, 0.4) is 0 Å². The lowest BCUT2D eigenvalue weighted by Crippen LogP contribution is -2.04. The Kier molecular flexibility index (Phi) is 2.82. The third-order valence-electron chi connectivity index (χ3n) is 3.58. The van der Waals surface area contributed by atoms with Gasteiger partial charge in [0.05, 0.1) is 7.11 Å². The molecule has 1 heterocycles. The number of hydrogen-bond acceptors (Lipinski definition) is 3. The molecule has 0 aliphatic heterocycles. The summed E-state index contributed by atoms with van der Waals surface area (Å²) in [6, 6.07) is 6.14. The molecule has 0 saturated carbocycles. The van der Waals surface area contributed by atoms with Gasteiger partial charge in [-0.2, -0.15) is 0 Å². The molecule has 0 atom stereocenters. The Morgan fingerprint density at radius 1 is 1.33 bits per heavy atom. The average molecular weight is 242 g/mol. The number of benzene rings is 1. The lowest BCUT2D eigenvalue weighted by molar-refractivity contribution is 0.419. The van der Waals surface area contributed by atoms with Gasteiger partial charge in [-0.1, -0.05) is 12.1 Å². The largest absolute Gasteiger partial charge is 0.494 e. The maximum absolute atomic E-state index is 5.43. The molecule has 0 spiro atoms. The number of pyridine rings is 1. The van der Waals surface area contributed by atoms with Crippen LogP contribution in [-0.2, 0) is 12.8 Å². The zero-order valence-corrected chi connectivity index (χ0v) is 10.9. The molecule has 0 bridgehead atoms. The van der Waals surface area contributed by atoms with Crippen LogP contribution in [-0.4, -0.2) is 18.6 Å². The quantitative estimate of drug-likeness (QED) is 0.897. The monoisotopic (exact) mass is 242 g/mol. The number of aromatic nitrogens is 1. The van der Waals surface area contributed by atoms with Gasteiger partial charge in [0.1, 0.15) is 11.3 Å². The van der Waals surface area contributed by atoms with Crippen molar-refractivity contribution in [1.82, 2.24) is 4.98 Å². The number of fused-ring (bicyclic) bond motifs is 2. The van der Waals surface area contributed by atoms with E-state index in [2.05, 4.69) is 18.3 Å². The molecule has 1 aliphatic rings. The number of aryl methyl sites for hydroxylation is 1. The first kappa shape index (κ1) is 11.3. The number of ether oxygens (including phenoxy) is 1. The number of nitrogens with zero attached hydrogens (tertiary/aromatic N) is 1. The molecule has 18 heavy (non-hydrogen) atoms. The van der Waals surface area contributed by atoms with Gasteiger partial charge in [-0.3, -0.25) is 0 Å². The smallest absolute Gasteiger partial charge is 0.145 e. The third kappa shape index (κ3) is 1.62. The molecule has 0 fully saturated rings. The van der Waals surface area contributed by atoms with Gasteiger partial charge in [0.25, 0.3) is 0 Å². The van der Waals surface area contributed by atoms with Gasteiger partial charge in [-0.25, -0.2) is 4.98 Å². The number of para-hydroxylation sites is 1. The van der Waals surface area contributed by atoms with Gasteiger partial charge in [0, 0.05) is 23.3 Å². The van der Waals surface area contributed by atoms with Gasteiger partial charge >= 0.3 is 0 Å². The third-order valence-corrected chi connectivity index (χ3v) is 3.58. The summed E-state index contributed by atoms with van der Waals surface area (Å²) in [4.78, 5) is 4.80. The van der Waals surface area contributed by atoms with Crippen LogP contribution in [0.1, 0.15) is 24.6 Å². The lowest BCUT2D eigenvalue weighted by Gasteiger charge is -2.14. The topological polar surface area (TPSA) is 34.2 Å². The van der Waals surface area contributed by atoms with Crippen LogP contribution in [0.25, 0.3) is 10.9 Å². The van der Waals surface area contributed by atoms with E-state index in [0.29, 0.717) is 0 Å². The molecule has 2 aromatic rings. The van der Waals surface area contributed by atoms with Crippen molar-refractivity contribution in [3.05, 3.63) is 29.5 Å². The summed E-state index contributed by atoms with van der Waals surface area (Å²) in [5.74, 6) is 0.862. The molecule has 3 rings (SSSR count). The number of methoxy groups -OCH3 is 1. The Bertz CT molecular complexity index is 593. The summed E-state index contributed by atoms with van der Waals surface area (Å²) in [5, 5.41) is 4.68. The van der Waals surface area contributed by atoms with E-state index in [9.17, 15) is 0 Å². The van der Waals surface area contributed by atoms with Crippen LogP contribution in [0.4, 0.5) is 5.69 Å². The van der Waals surface area contributed by atoms with Gasteiger partial charge < -0.3 is 10.1 Å². The predicted octanol–water partition coefficient (Wildman–Crippen LogP) is 3.16. The highest BCUT2D eigenvalue weighted by Gasteiger charge is 2.20. The van der Waals surface area contributed by atoms with Crippen LogP contribution in [0, 0.1) is 0 Å². The maximum atomic E-state index is 5.43. The summed E-state index contributed by atoms with van der Waals surface area (Å²) in [7, 11) is 1.70. The van der Waals surface area contributed by atoms with Gasteiger partial charge in [0.15, 0.2) is 0 Å². The molecule has 1 N–H and O–H groups in total. The zero-order chi connectivity index (χ0) is 12.5. The van der Waals surface area contributed by atoms with E-state index in [4.69, 9.17) is 9.72 Å². The van der Waals surface area contributed by atoms with E-state index < -0.39 is 0 Å². The normalized spacial score (nSPS) is 13.7. The number of hydrogen-bond donors (Lipinski definition) is 1. The van der Waals surface area contributed by atoms with Crippen LogP contribution in [0.15, 0.2) is 18.2 Å². The summed E-state index contributed by atoms with van der Waals surface area (Å²) in [6.45, 7) is 3.07. The molecule has 3 nitrogen and oxygen atoms in total. The van der Waals surface area contributed by atoms with Crippen LogP contribution in [0.5, 0.6) is 5.75 Å². The zero-order valence-electron chi connectivity index (χ0n) is 10.9. The minimum absolute atomic E-state index is 0.862. The van der Waals surface area contributed by atoms with Crippen molar-refractivity contribution >= 4 is 16.6 Å². The molecule has 0 amide bonds. The van der Waals surface area contributed by atoms with Crippen molar-refractivity contribution in [3.8, 4) is 5.75 Å². The van der Waals surface area contributed by atoms with Crippen LogP contribution >= 0.6 is 0 Å². The van der Waals surface area contributed by atoms with Crippen molar-refractivity contribution in [2.24, 2.45) is 0 Å². The second-order valence-electron chi connectivity index (χ2n) is 4.65. The maximum Gasteiger partial charge on any atom is 0.145 e. The van der Waals surface area contributed by atoms with E-state index in [0.717, 1.165) is 30.7 Å². The van der Waals surface area contributed by atoms with Crippen molar-refractivity contribution < 1.29 is 4.74 Å². The van der Waals surface area contributed by atoms with Crippen LogP contribution < -0.4 is 10.1 Å².